The molecule has 0 radical (unpaired) electrons. The fourth-order valence-corrected chi connectivity index (χ4v) is 3.35. The van der Waals surface area contributed by atoms with E-state index in [9.17, 15) is 4.79 Å². The number of aryl methyl sites for hydroxylation is 2. The average molecular weight is 294 g/mol. The molecule has 0 spiro atoms. The minimum atomic E-state index is -0.814. The topological polar surface area (TPSA) is 72.9 Å². The van der Waals surface area contributed by atoms with Crippen molar-refractivity contribution in [2.24, 2.45) is 5.92 Å². The normalized spacial score (nSPS) is 21.6. The summed E-state index contributed by atoms with van der Waals surface area (Å²) in [6.45, 7) is 7.01. The summed E-state index contributed by atoms with van der Waals surface area (Å²) in [5, 5.41) is 14.2. The van der Waals surface area contributed by atoms with Gasteiger partial charge in [-0.15, -0.1) is 0 Å². The van der Waals surface area contributed by atoms with Gasteiger partial charge in [0.15, 0.2) is 10.8 Å². The molecule has 2 aromatic rings. The fraction of sp³-hybridized carbons (Fsp3) is 0.615. The van der Waals surface area contributed by atoms with Gasteiger partial charge in [0.2, 0.25) is 0 Å². The minimum absolute atomic E-state index is 0.0410. The molecule has 0 aromatic carbocycles. The van der Waals surface area contributed by atoms with E-state index in [-0.39, 0.29) is 5.75 Å². The molecular weight excluding hydrogens is 276 g/mol. The molecule has 0 bridgehead atoms. The van der Waals surface area contributed by atoms with Gasteiger partial charge in [-0.2, -0.15) is 5.10 Å². The first-order valence-electron chi connectivity index (χ1n) is 6.82. The van der Waals surface area contributed by atoms with Gasteiger partial charge in [-0.1, -0.05) is 18.7 Å². The molecule has 20 heavy (non-hydrogen) atoms. The summed E-state index contributed by atoms with van der Waals surface area (Å²) in [6.07, 6.45) is 1.13. The van der Waals surface area contributed by atoms with Gasteiger partial charge in [0.1, 0.15) is 5.52 Å². The molecule has 1 N–H and O–H groups in total. The van der Waals surface area contributed by atoms with Crippen molar-refractivity contribution in [2.45, 2.75) is 44.9 Å². The van der Waals surface area contributed by atoms with E-state index in [2.05, 4.69) is 28.5 Å². The first kappa shape index (κ1) is 13.5. The Balaban J connectivity index is 2.11. The SMILES string of the molecule is CCn1nc(C)c2nc(SCC(=O)O)n(C3CC3C)c21. The third-order valence-corrected chi connectivity index (χ3v) is 4.67. The number of carboxylic acids is 1. The number of rotatable bonds is 5. The molecule has 1 aliphatic rings. The van der Waals surface area contributed by atoms with E-state index in [1.165, 1.54) is 11.8 Å². The summed E-state index contributed by atoms with van der Waals surface area (Å²) < 4.78 is 4.16. The molecule has 1 aliphatic carbocycles. The van der Waals surface area contributed by atoms with Crippen LogP contribution in [0.5, 0.6) is 0 Å². The summed E-state index contributed by atoms with van der Waals surface area (Å²) >= 11 is 1.29. The van der Waals surface area contributed by atoms with Crippen LogP contribution in [0.25, 0.3) is 11.2 Å². The molecule has 2 aromatic heterocycles. The lowest BCUT2D eigenvalue weighted by Gasteiger charge is -2.08. The molecule has 0 amide bonds. The maximum Gasteiger partial charge on any atom is 0.313 e. The van der Waals surface area contributed by atoms with E-state index in [0.29, 0.717) is 12.0 Å². The number of nitrogens with zero attached hydrogens (tertiary/aromatic N) is 4. The summed E-state index contributed by atoms with van der Waals surface area (Å²) in [6, 6.07) is 0.428. The van der Waals surface area contributed by atoms with Crippen LogP contribution in [0.3, 0.4) is 0 Å². The van der Waals surface area contributed by atoms with Crippen molar-refractivity contribution in [3.63, 3.8) is 0 Å². The van der Waals surface area contributed by atoms with Gasteiger partial charge in [0.05, 0.1) is 11.4 Å². The lowest BCUT2D eigenvalue weighted by Crippen LogP contribution is -2.07. The van der Waals surface area contributed by atoms with Gasteiger partial charge in [-0.25, -0.2) is 9.67 Å². The third kappa shape index (κ3) is 2.09. The van der Waals surface area contributed by atoms with E-state index >= 15 is 0 Å². The predicted octanol–water partition coefficient (Wildman–Crippen LogP) is 2.32. The van der Waals surface area contributed by atoms with Crippen molar-refractivity contribution in [1.82, 2.24) is 19.3 Å². The average Bonchev–Trinajstić information content (AvgIpc) is 2.86. The largest absolute Gasteiger partial charge is 0.481 e. The molecule has 2 atom stereocenters. The number of carbonyl (C=O) groups is 1. The Labute approximate surface area is 121 Å². The van der Waals surface area contributed by atoms with Crippen LogP contribution in [0, 0.1) is 12.8 Å². The van der Waals surface area contributed by atoms with Crippen LogP contribution < -0.4 is 0 Å². The highest BCUT2D eigenvalue weighted by Crippen LogP contribution is 2.46. The third-order valence-electron chi connectivity index (χ3n) is 3.73. The highest BCUT2D eigenvalue weighted by Gasteiger charge is 2.38. The zero-order valence-electron chi connectivity index (χ0n) is 11.8. The number of carboxylic acid groups (broad SMARTS) is 1. The number of aromatic nitrogens is 4. The molecule has 2 unspecified atom stereocenters. The first-order valence-corrected chi connectivity index (χ1v) is 7.81. The maximum absolute atomic E-state index is 10.8. The second kappa shape index (κ2) is 4.80. The second-order valence-electron chi connectivity index (χ2n) is 5.30. The zero-order chi connectivity index (χ0) is 14.4. The van der Waals surface area contributed by atoms with Crippen molar-refractivity contribution in [1.29, 1.82) is 0 Å². The van der Waals surface area contributed by atoms with Crippen LogP contribution in [-0.2, 0) is 11.3 Å². The Kier molecular flexibility index (Phi) is 3.24. The van der Waals surface area contributed by atoms with Crippen molar-refractivity contribution in [2.75, 3.05) is 5.75 Å². The van der Waals surface area contributed by atoms with Gasteiger partial charge in [-0.05, 0) is 26.2 Å². The molecule has 7 heteroatoms. The summed E-state index contributed by atoms with van der Waals surface area (Å²) in [4.78, 5) is 15.4. The lowest BCUT2D eigenvalue weighted by molar-refractivity contribution is -0.133. The fourth-order valence-electron chi connectivity index (χ4n) is 2.58. The Morgan fingerprint density at radius 1 is 1.55 bits per heavy atom. The number of fused-ring (bicyclic) bond motifs is 1. The second-order valence-corrected chi connectivity index (χ2v) is 6.24. The standard InChI is InChI=1S/C13H18N4O2S/c1-4-16-12-11(8(3)15-16)14-13(20-6-10(18)19)17(12)9-5-7(9)2/h7,9H,4-6H2,1-3H3,(H,18,19). The molecule has 2 heterocycles. The highest BCUT2D eigenvalue weighted by molar-refractivity contribution is 7.99. The lowest BCUT2D eigenvalue weighted by atomic mass is 10.4. The van der Waals surface area contributed by atoms with Gasteiger partial charge < -0.3 is 9.67 Å². The smallest absolute Gasteiger partial charge is 0.313 e. The van der Waals surface area contributed by atoms with E-state index in [0.717, 1.165) is 35.0 Å². The van der Waals surface area contributed by atoms with Crippen LogP contribution in [0.4, 0.5) is 0 Å². The molecule has 1 saturated carbocycles. The van der Waals surface area contributed by atoms with Crippen molar-refractivity contribution in [3.8, 4) is 0 Å². The molecular formula is C13H18N4O2S. The Hall–Kier alpha value is -1.50. The van der Waals surface area contributed by atoms with Crippen molar-refractivity contribution < 1.29 is 9.90 Å². The maximum atomic E-state index is 10.8. The van der Waals surface area contributed by atoms with Crippen LogP contribution in [0.1, 0.15) is 32.0 Å². The van der Waals surface area contributed by atoms with Gasteiger partial charge in [0.25, 0.3) is 0 Å². The zero-order valence-corrected chi connectivity index (χ0v) is 12.6. The monoisotopic (exact) mass is 294 g/mol. The van der Waals surface area contributed by atoms with Crippen LogP contribution in [-0.4, -0.2) is 36.2 Å². The van der Waals surface area contributed by atoms with Crippen LogP contribution >= 0.6 is 11.8 Å². The number of hydrogen-bond acceptors (Lipinski definition) is 4. The number of hydrogen-bond donors (Lipinski definition) is 1. The van der Waals surface area contributed by atoms with Crippen LogP contribution in [0.15, 0.2) is 5.16 Å². The van der Waals surface area contributed by atoms with Gasteiger partial charge >= 0.3 is 5.97 Å². The van der Waals surface area contributed by atoms with Crippen molar-refractivity contribution >= 4 is 28.9 Å². The molecule has 3 rings (SSSR count). The Morgan fingerprint density at radius 3 is 2.80 bits per heavy atom. The van der Waals surface area contributed by atoms with E-state index in [1.807, 2.05) is 11.6 Å². The molecule has 0 saturated heterocycles. The number of imidazole rings is 1. The number of thioether (sulfide) groups is 1. The quantitative estimate of drug-likeness (QED) is 0.857. The van der Waals surface area contributed by atoms with E-state index < -0.39 is 5.97 Å². The van der Waals surface area contributed by atoms with Crippen molar-refractivity contribution in [3.05, 3.63) is 5.69 Å². The molecule has 0 aliphatic heterocycles. The number of aliphatic carboxylic acids is 1. The highest BCUT2D eigenvalue weighted by atomic mass is 32.2. The molecule has 6 nitrogen and oxygen atoms in total. The molecule has 108 valence electrons. The minimum Gasteiger partial charge on any atom is -0.481 e. The first-order chi connectivity index (χ1) is 9.52. The van der Waals surface area contributed by atoms with E-state index in [1.54, 1.807) is 0 Å². The van der Waals surface area contributed by atoms with Gasteiger partial charge in [0, 0.05) is 12.6 Å². The molecule has 1 fully saturated rings. The van der Waals surface area contributed by atoms with Gasteiger partial charge in [-0.3, -0.25) is 4.79 Å². The summed E-state index contributed by atoms with van der Waals surface area (Å²) in [5.41, 5.74) is 2.84. The Morgan fingerprint density at radius 2 is 2.25 bits per heavy atom. The Bertz CT molecular complexity index is 676. The van der Waals surface area contributed by atoms with Crippen LogP contribution in [0.2, 0.25) is 0 Å². The summed E-state index contributed by atoms with van der Waals surface area (Å²) in [5.74, 6) is -0.150. The van der Waals surface area contributed by atoms with E-state index in [4.69, 9.17) is 5.11 Å². The summed E-state index contributed by atoms with van der Waals surface area (Å²) in [7, 11) is 0. The predicted molar refractivity (Wildman–Crippen MR) is 77.1 cm³/mol.